The molecular formula is C21H21N3O6S. The third-order valence-electron chi connectivity index (χ3n) is 5.05. The molecule has 1 aromatic carbocycles. The lowest BCUT2D eigenvalue weighted by Crippen LogP contribution is -2.50. The number of amides is 1. The van der Waals surface area contributed by atoms with Gasteiger partial charge in [-0.3, -0.25) is 9.78 Å². The molecule has 0 spiro atoms. The van der Waals surface area contributed by atoms with Crippen LogP contribution in [0.3, 0.4) is 0 Å². The number of hydrogen-bond acceptors (Lipinski definition) is 7. The van der Waals surface area contributed by atoms with Crippen molar-refractivity contribution in [2.24, 2.45) is 0 Å². The summed E-state index contributed by atoms with van der Waals surface area (Å²) in [6, 6.07) is 11.8. The number of hydrogen-bond donors (Lipinski definition) is 0. The van der Waals surface area contributed by atoms with Crippen molar-refractivity contribution in [1.29, 1.82) is 0 Å². The summed E-state index contributed by atoms with van der Waals surface area (Å²) in [7, 11) is -3.93. The molecule has 162 valence electrons. The van der Waals surface area contributed by atoms with Gasteiger partial charge in [0.15, 0.2) is 0 Å². The van der Waals surface area contributed by atoms with Crippen LogP contribution in [0.15, 0.2) is 58.2 Å². The molecule has 1 fully saturated rings. The summed E-state index contributed by atoms with van der Waals surface area (Å²) in [5.74, 6) is -1.13. The predicted molar refractivity (Wildman–Crippen MR) is 111 cm³/mol. The first-order chi connectivity index (χ1) is 14.9. The number of piperazine rings is 1. The van der Waals surface area contributed by atoms with E-state index in [4.69, 9.17) is 9.15 Å². The van der Waals surface area contributed by atoms with Crippen molar-refractivity contribution in [2.75, 3.05) is 32.8 Å². The summed E-state index contributed by atoms with van der Waals surface area (Å²) in [5.41, 5.74) is 0.347. The molecule has 0 bridgehead atoms. The average molecular weight is 443 g/mol. The summed E-state index contributed by atoms with van der Waals surface area (Å²) in [4.78, 5) is 30.6. The van der Waals surface area contributed by atoms with Gasteiger partial charge in [-0.1, -0.05) is 24.3 Å². The highest BCUT2D eigenvalue weighted by Crippen LogP contribution is 2.23. The summed E-state index contributed by atoms with van der Waals surface area (Å²) in [6.45, 7) is 2.45. The second kappa shape index (κ2) is 8.48. The second-order valence-corrected chi connectivity index (χ2v) is 8.79. The van der Waals surface area contributed by atoms with Gasteiger partial charge in [-0.2, -0.15) is 4.31 Å². The van der Waals surface area contributed by atoms with E-state index in [0.29, 0.717) is 5.69 Å². The quantitative estimate of drug-likeness (QED) is 0.556. The smallest absolute Gasteiger partial charge is 0.374 e. The standard InChI is InChI=1S/C21H21N3O6S/c1-2-29-21(26)17-7-8-18(30-17)31(27,28)24-13-11-23(12-14-24)20(25)19-16-6-4-3-5-15(16)9-10-22-19/h3-10H,2,11-14H2,1H3. The fraction of sp³-hybridized carbons (Fsp3) is 0.286. The Morgan fingerprint density at radius 2 is 1.81 bits per heavy atom. The first kappa shape index (κ1) is 21.0. The van der Waals surface area contributed by atoms with Crippen molar-refractivity contribution in [3.63, 3.8) is 0 Å². The number of ether oxygens (including phenoxy) is 1. The van der Waals surface area contributed by atoms with Gasteiger partial charge in [0, 0.05) is 37.8 Å². The molecule has 4 rings (SSSR count). The highest BCUT2D eigenvalue weighted by Gasteiger charge is 2.33. The predicted octanol–water partition coefficient (Wildman–Crippen LogP) is 2.15. The van der Waals surface area contributed by atoms with Crippen LogP contribution in [0.25, 0.3) is 10.8 Å². The Bertz CT molecular complexity index is 1220. The van der Waals surface area contributed by atoms with Crippen molar-refractivity contribution >= 4 is 32.7 Å². The van der Waals surface area contributed by atoms with E-state index >= 15 is 0 Å². The maximum atomic E-state index is 13.0. The van der Waals surface area contributed by atoms with Crippen molar-refractivity contribution < 1.29 is 27.2 Å². The molecule has 0 N–H and O–H groups in total. The SMILES string of the molecule is CCOC(=O)c1ccc(S(=O)(=O)N2CCN(C(=O)c3nccc4ccccc34)CC2)o1. The summed E-state index contributed by atoms with van der Waals surface area (Å²) < 4.78 is 37.0. The lowest BCUT2D eigenvalue weighted by molar-refractivity contribution is 0.0483. The number of rotatable bonds is 5. The second-order valence-electron chi connectivity index (χ2n) is 6.92. The highest BCUT2D eigenvalue weighted by atomic mass is 32.2. The van der Waals surface area contributed by atoms with Gasteiger partial charge in [0.25, 0.3) is 15.9 Å². The highest BCUT2D eigenvalue weighted by molar-refractivity contribution is 7.89. The van der Waals surface area contributed by atoms with Crippen LogP contribution in [0.4, 0.5) is 0 Å². The number of aromatic nitrogens is 1. The Kier molecular flexibility index (Phi) is 5.75. The lowest BCUT2D eigenvalue weighted by Gasteiger charge is -2.33. The zero-order valence-corrected chi connectivity index (χ0v) is 17.7. The molecule has 0 saturated carbocycles. The maximum Gasteiger partial charge on any atom is 0.374 e. The number of pyridine rings is 1. The van der Waals surface area contributed by atoms with E-state index in [1.165, 1.54) is 16.4 Å². The largest absolute Gasteiger partial charge is 0.460 e. The van der Waals surface area contributed by atoms with E-state index in [-0.39, 0.29) is 49.5 Å². The Morgan fingerprint density at radius 3 is 2.55 bits per heavy atom. The maximum absolute atomic E-state index is 13.0. The van der Waals surface area contributed by atoms with E-state index in [2.05, 4.69) is 4.98 Å². The summed E-state index contributed by atoms with van der Waals surface area (Å²) >= 11 is 0. The number of carbonyl (C=O) groups is 2. The van der Waals surface area contributed by atoms with Crippen LogP contribution in [-0.2, 0) is 14.8 Å². The molecule has 0 unspecified atom stereocenters. The number of benzene rings is 1. The van der Waals surface area contributed by atoms with Gasteiger partial charge in [-0.15, -0.1) is 0 Å². The zero-order valence-electron chi connectivity index (χ0n) is 16.9. The van der Waals surface area contributed by atoms with Crippen molar-refractivity contribution in [1.82, 2.24) is 14.2 Å². The molecule has 2 aromatic heterocycles. The number of esters is 1. The normalized spacial score (nSPS) is 15.2. The monoisotopic (exact) mass is 443 g/mol. The van der Waals surface area contributed by atoms with Crippen LogP contribution in [-0.4, -0.2) is 67.3 Å². The topological polar surface area (TPSA) is 110 Å². The minimum Gasteiger partial charge on any atom is -0.460 e. The average Bonchev–Trinajstić information content (AvgIpc) is 3.30. The minimum absolute atomic E-state index is 0.105. The first-order valence-electron chi connectivity index (χ1n) is 9.82. The van der Waals surface area contributed by atoms with Gasteiger partial charge in [-0.05, 0) is 30.5 Å². The molecule has 1 saturated heterocycles. The van der Waals surface area contributed by atoms with E-state index in [9.17, 15) is 18.0 Å². The molecule has 0 atom stereocenters. The molecule has 3 aromatic rings. The van der Waals surface area contributed by atoms with Crippen LogP contribution in [0.5, 0.6) is 0 Å². The molecule has 9 nitrogen and oxygen atoms in total. The van der Waals surface area contributed by atoms with Gasteiger partial charge >= 0.3 is 5.97 Å². The molecule has 1 aliphatic heterocycles. The van der Waals surface area contributed by atoms with Crippen LogP contribution in [0.2, 0.25) is 0 Å². The van der Waals surface area contributed by atoms with E-state index in [1.807, 2.05) is 30.3 Å². The fourth-order valence-electron chi connectivity index (χ4n) is 3.47. The molecule has 0 aliphatic carbocycles. The Hall–Kier alpha value is -3.24. The van der Waals surface area contributed by atoms with Gasteiger partial charge in [0.1, 0.15) is 5.69 Å². The van der Waals surface area contributed by atoms with Crippen molar-refractivity contribution in [3.8, 4) is 0 Å². The Morgan fingerprint density at radius 1 is 1.06 bits per heavy atom. The van der Waals surface area contributed by atoms with Crippen LogP contribution < -0.4 is 0 Å². The number of sulfonamides is 1. The number of furan rings is 1. The Balaban J connectivity index is 1.47. The van der Waals surface area contributed by atoms with Crippen molar-refractivity contribution in [3.05, 3.63) is 60.1 Å². The first-order valence-corrected chi connectivity index (χ1v) is 11.3. The molecule has 1 amide bonds. The Labute approximate surface area is 179 Å². The van der Waals surface area contributed by atoms with Gasteiger partial charge in [0.2, 0.25) is 10.9 Å². The van der Waals surface area contributed by atoms with Crippen LogP contribution in [0, 0.1) is 0 Å². The van der Waals surface area contributed by atoms with E-state index in [1.54, 1.807) is 18.0 Å². The zero-order chi connectivity index (χ0) is 22.0. The number of nitrogens with zero attached hydrogens (tertiary/aromatic N) is 3. The number of carbonyl (C=O) groups excluding carboxylic acids is 2. The number of fused-ring (bicyclic) bond motifs is 1. The minimum atomic E-state index is -3.93. The third kappa shape index (κ3) is 4.04. The van der Waals surface area contributed by atoms with E-state index in [0.717, 1.165) is 10.8 Å². The molecule has 31 heavy (non-hydrogen) atoms. The van der Waals surface area contributed by atoms with Crippen molar-refractivity contribution in [2.45, 2.75) is 12.0 Å². The van der Waals surface area contributed by atoms with Gasteiger partial charge < -0.3 is 14.1 Å². The van der Waals surface area contributed by atoms with Gasteiger partial charge in [-0.25, -0.2) is 13.2 Å². The molecule has 3 heterocycles. The van der Waals surface area contributed by atoms with Crippen LogP contribution in [0.1, 0.15) is 28.0 Å². The summed E-state index contributed by atoms with van der Waals surface area (Å²) in [6.07, 6.45) is 1.59. The van der Waals surface area contributed by atoms with Gasteiger partial charge in [0.05, 0.1) is 6.61 Å². The molecule has 10 heteroatoms. The lowest BCUT2D eigenvalue weighted by atomic mass is 10.1. The van der Waals surface area contributed by atoms with Crippen LogP contribution >= 0.6 is 0 Å². The molecular weight excluding hydrogens is 422 g/mol. The molecule has 0 radical (unpaired) electrons. The summed E-state index contributed by atoms with van der Waals surface area (Å²) in [5, 5.41) is 1.34. The fourth-order valence-corrected chi connectivity index (χ4v) is 4.80. The third-order valence-corrected chi connectivity index (χ3v) is 6.83. The van der Waals surface area contributed by atoms with E-state index < -0.39 is 16.0 Å². The molecule has 1 aliphatic rings.